The number of carbonyl (C=O) groups is 5. The minimum atomic E-state index is -1.41. The van der Waals surface area contributed by atoms with E-state index in [0.717, 1.165) is 0 Å². The Morgan fingerprint density at radius 3 is 2.00 bits per heavy atom. The number of rotatable bonds is 13. The number of hydrogen-bond acceptors (Lipinski definition) is 8. The summed E-state index contributed by atoms with van der Waals surface area (Å²) in [6.45, 7) is -0.352. The Labute approximate surface area is 189 Å². The molecule has 1 rings (SSSR count). The van der Waals surface area contributed by atoms with E-state index in [1.807, 2.05) is 0 Å². The van der Waals surface area contributed by atoms with Crippen molar-refractivity contribution < 1.29 is 34.2 Å². The maximum Gasteiger partial charge on any atom is 0.326 e. The zero-order valence-corrected chi connectivity index (χ0v) is 18.0. The summed E-state index contributed by atoms with van der Waals surface area (Å²) in [7, 11) is 0. The van der Waals surface area contributed by atoms with E-state index in [4.69, 9.17) is 11.5 Å². The van der Waals surface area contributed by atoms with Gasteiger partial charge in [0.05, 0.1) is 6.54 Å². The first-order valence-electron chi connectivity index (χ1n) is 9.57. The number of nitrogens with one attached hydrogen (secondary N) is 3. The van der Waals surface area contributed by atoms with Crippen LogP contribution < -0.4 is 27.4 Å². The van der Waals surface area contributed by atoms with Crippen LogP contribution in [0.1, 0.15) is 18.4 Å². The highest BCUT2D eigenvalue weighted by Gasteiger charge is 2.29. The lowest BCUT2D eigenvalue weighted by Crippen LogP contribution is -2.57. The van der Waals surface area contributed by atoms with E-state index in [2.05, 4.69) is 28.6 Å². The number of aromatic hydroxyl groups is 1. The number of carboxylic acid groups (broad SMARTS) is 1. The van der Waals surface area contributed by atoms with E-state index in [9.17, 15) is 34.2 Å². The van der Waals surface area contributed by atoms with Crippen molar-refractivity contribution >= 4 is 42.2 Å². The molecule has 0 fully saturated rings. The fourth-order valence-electron chi connectivity index (χ4n) is 2.61. The second kappa shape index (κ2) is 13.2. The van der Waals surface area contributed by atoms with Gasteiger partial charge in [0, 0.05) is 18.6 Å². The number of aliphatic carboxylic acids is 1. The van der Waals surface area contributed by atoms with Gasteiger partial charge in [0.2, 0.25) is 23.6 Å². The van der Waals surface area contributed by atoms with Crippen molar-refractivity contribution in [1.29, 1.82) is 0 Å². The third-order valence-corrected chi connectivity index (χ3v) is 4.69. The summed E-state index contributed by atoms with van der Waals surface area (Å²) in [5.74, 6) is -4.35. The lowest BCUT2D eigenvalue weighted by molar-refractivity contribution is -0.142. The lowest BCUT2D eigenvalue weighted by Gasteiger charge is -2.24. The smallest absolute Gasteiger partial charge is 0.326 e. The summed E-state index contributed by atoms with van der Waals surface area (Å²) in [6, 6.07) is 2.08. The van der Waals surface area contributed by atoms with Crippen molar-refractivity contribution in [3.8, 4) is 5.75 Å². The minimum Gasteiger partial charge on any atom is -0.508 e. The van der Waals surface area contributed by atoms with Crippen molar-refractivity contribution in [2.45, 2.75) is 37.4 Å². The monoisotopic (exact) mass is 469 g/mol. The highest BCUT2D eigenvalue weighted by molar-refractivity contribution is 7.80. The number of nitrogens with two attached hydrogens (primary N) is 2. The van der Waals surface area contributed by atoms with Gasteiger partial charge in [0.25, 0.3) is 0 Å². The highest BCUT2D eigenvalue weighted by Crippen LogP contribution is 2.12. The van der Waals surface area contributed by atoms with Gasteiger partial charge in [0.15, 0.2) is 0 Å². The van der Waals surface area contributed by atoms with Crippen LogP contribution in [0.2, 0.25) is 0 Å². The fraction of sp³-hybridized carbons (Fsp3) is 0.421. The Balaban J connectivity index is 3.04. The van der Waals surface area contributed by atoms with Crippen molar-refractivity contribution in [2.24, 2.45) is 11.5 Å². The van der Waals surface area contributed by atoms with Crippen LogP contribution >= 0.6 is 12.6 Å². The minimum absolute atomic E-state index is 0.00388. The predicted molar refractivity (Wildman–Crippen MR) is 117 cm³/mol. The summed E-state index contributed by atoms with van der Waals surface area (Å²) in [5, 5.41) is 25.9. The molecule has 0 heterocycles. The average Bonchev–Trinajstić information content (AvgIpc) is 2.74. The summed E-state index contributed by atoms with van der Waals surface area (Å²) < 4.78 is 0. The molecule has 0 aliphatic rings. The molecule has 1 aromatic carbocycles. The van der Waals surface area contributed by atoms with Gasteiger partial charge >= 0.3 is 5.97 Å². The van der Waals surface area contributed by atoms with E-state index >= 15 is 0 Å². The molecule has 0 saturated heterocycles. The van der Waals surface area contributed by atoms with Crippen LogP contribution in [0.25, 0.3) is 0 Å². The Bertz CT molecular complexity index is 834. The average molecular weight is 470 g/mol. The quantitative estimate of drug-likeness (QED) is 0.146. The van der Waals surface area contributed by atoms with Gasteiger partial charge in [-0.1, -0.05) is 12.1 Å². The molecule has 176 valence electrons. The molecule has 0 radical (unpaired) electrons. The topological polar surface area (TPSA) is 214 Å². The number of phenolic OH excluding ortho intramolecular Hbond substituents is 1. The Morgan fingerprint density at radius 2 is 1.50 bits per heavy atom. The predicted octanol–water partition coefficient (Wildman–Crippen LogP) is -2.37. The molecule has 3 atom stereocenters. The molecular formula is C19H27N5O7S. The molecule has 1 aromatic rings. The summed E-state index contributed by atoms with van der Waals surface area (Å²) in [5.41, 5.74) is 10.8. The van der Waals surface area contributed by atoms with Gasteiger partial charge in [0.1, 0.15) is 23.9 Å². The molecule has 0 aliphatic heterocycles. The van der Waals surface area contributed by atoms with Gasteiger partial charge in [-0.05, 0) is 24.1 Å². The lowest BCUT2D eigenvalue weighted by atomic mass is 10.0. The maximum atomic E-state index is 12.8. The van der Waals surface area contributed by atoms with Gasteiger partial charge in [-0.15, -0.1) is 0 Å². The Morgan fingerprint density at radius 1 is 0.938 bits per heavy atom. The number of carbonyl (C=O) groups excluding carboxylic acids is 4. The van der Waals surface area contributed by atoms with Crippen molar-refractivity contribution in [3.63, 3.8) is 0 Å². The number of benzene rings is 1. The number of phenols is 1. The molecule has 0 aromatic heterocycles. The van der Waals surface area contributed by atoms with E-state index in [1.165, 1.54) is 24.3 Å². The maximum absolute atomic E-state index is 12.8. The molecule has 32 heavy (non-hydrogen) atoms. The van der Waals surface area contributed by atoms with Crippen LogP contribution in [0.15, 0.2) is 24.3 Å². The number of carboxylic acids is 1. The molecule has 3 unspecified atom stereocenters. The molecule has 0 saturated carbocycles. The molecule has 9 N–H and O–H groups in total. The van der Waals surface area contributed by atoms with Gasteiger partial charge in [-0.25, -0.2) is 4.79 Å². The largest absolute Gasteiger partial charge is 0.508 e. The molecule has 0 aliphatic carbocycles. The van der Waals surface area contributed by atoms with Crippen LogP contribution in [0.4, 0.5) is 0 Å². The van der Waals surface area contributed by atoms with Crippen LogP contribution in [0, 0.1) is 0 Å². The second-order valence-corrected chi connectivity index (χ2v) is 7.21. The molecule has 4 amide bonds. The van der Waals surface area contributed by atoms with E-state index in [1.54, 1.807) is 0 Å². The van der Waals surface area contributed by atoms with Gasteiger partial charge < -0.3 is 37.6 Å². The number of amides is 4. The summed E-state index contributed by atoms with van der Waals surface area (Å²) in [6.07, 6.45) is -0.550. The highest BCUT2D eigenvalue weighted by atomic mass is 32.1. The van der Waals surface area contributed by atoms with Gasteiger partial charge in [-0.2, -0.15) is 12.6 Å². The van der Waals surface area contributed by atoms with Crippen molar-refractivity contribution in [3.05, 3.63) is 29.8 Å². The number of hydrogen-bond donors (Lipinski definition) is 8. The molecular weight excluding hydrogens is 442 g/mol. The normalized spacial score (nSPS) is 13.3. The zero-order valence-electron chi connectivity index (χ0n) is 17.1. The summed E-state index contributed by atoms with van der Waals surface area (Å²) in [4.78, 5) is 59.4. The SMILES string of the molecule is NCC(=O)NC(CS)C(=O)NC(Cc1ccc(O)cc1)C(=O)NC(CCC(N)=O)C(=O)O. The van der Waals surface area contributed by atoms with E-state index in [0.29, 0.717) is 5.56 Å². The van der Waals surface area contributed by atoms with E-state index in [-0.39, 0.29) is 37.3 Å². The molecule has 0 spiro atoms. The third-order valence-electron chi connectivity index (χ3n) is 4.32. The molecule has 12 nitrogen and oxygen atoms in total. The summed E-state index contributed by atoms with van der Waals surface area (Å²) >= 11 is 4.02. The first-order valence-corrected chi connectivity index (χ1v) is 10.2. The van der Waals surface area contributed by atoms with Crippen LogP contribution in [-0.2, 0) is 30.4 Å². The number of thiol groups is 1. The van der Waals surface area contributed by atoms with E-state index < -0.39 is 47.7 Å². The van der Waals surface area contributed by atoms with Crippen LogP contribution in [0.5, 0.6) is 5.75 Å². The Hall–Kier alpha value is -3.32. The standard InChI is InChI=1S/C19H27N5O7S/c20-8-16(27)22-14(9-32)18(29)24-13(7-10-1-3-11(25)4-2-10)17(28)23-12(19(30)31)5-6-15(21)26/h1-4,12-14,25,32H,5-9,20H2,(H2,21,26)(H,22,27)(H,23,28)(H,24,29)(H,30,31). The zero-order chi connectivity index (χ0) is 24.3. The van der Waals surface area contributed by atoms with Crippen LogP contribution in [0.3, 0.4) is 0 Å². The molecule has 0 bridgehead atoms. The number of primary amides is 1. The fourth-order valence-corrected chi connectivity index (χ4v) is 2.87. The third kappa shape index (κ3) is 9.22. The second-order valence-electron chi connectivity index (χ2n) is 6.84. The first kappa shape index (κ1) is 26.7. The van der Waals surface area contributed by atoms with Crippen molar-refractivity contribution in [1.82, 2.24) is 16.0 Å². The Kier molecular flexibility index (Phi) is 11.0. The van der Waals surface area contributed by atoms with Crippen LogP contribution in [-0.4, -0.2) is 70.2 Å². The first-order chi connectivity index (χ1) is 15.1. The molecule has 13 heteroatoms. The van der Waals surface area contributed by atoms with Gasteiger partial charge in [-0.3, -0.25) is 19.2 Å². The van der Waals surface area contributed by atoms with Crippen molar-refractivity contribution in [2.75, 3.05) is 12.3 Å².